The third kappa shape index (κ3) is 5.20. The third-order valence-electron chi connectivity index (χ3n) is 6.91. The molecule has 2 aliphatic heterocycles. The van der Waals surface area contributed by atoms with E-state index in [-0.39, 0.29) is 24.3 Å². The van der Waals surface area contributed by atoms with Crippen LogP contribution in [0.25, 0.3) is 10.8 Å². The van der Waals surface area contributed by atoms with E-state index in [4.69, 9.17) is 0 Å². The SMILES string of the molecule is O=C(NCC(=O)N1CCN(Cc2cccc3ccccc23)CC1)c1ccc(N2CCCC2=O)cc1. The Morgan fingerprint density at radius 1 is 0.829 bits per heavy atom. The molecular weight excluding hydrogens is 440 g/mol. The Kier molecular flexibility index (Phi) is 6.77. The second kappa shape index (κ2) is 10.3. The molecule has 7 heteroatoms. The van der Waals surface area contributed by atoms with E-state index in [0.717, 1.165) is 31.7 Å². The first kappa shape index (κ1) is 23.1. The molecular formula is C28H30N4O3. The summed E-state index contributed by atoms with van der Waals surface area (Å²) in [5.74, 6) is -0.236. The second-order valence-electron chi connectivity index (χ2n) is 9.17. The van der Waals surface area contributed by atoms with Crippen LogP contribution in [0.2, 0.25) is 0 Å². The summed E-state index contributed by atoms with van der Waals surface area (Å²) in [7, 11) is 0. The first-order valence-electron chi connectivity index (χ1n) is 12.2. The number of fused-ring (bicyclic) bond motifs is 1. The lowest BCUT2D eigenvalue weighted by Gasteiger charge is -2.35. The summed E-state index contributed by atoms with van der Waals surface area (Å²) in [5.41, 5.74) is 2.59. The van der Waals surface area contributed by atoms with Crippen LogP contribution in [0.5, 0.6) is 0 Å². The van der Waals surface area contributed by atoms with E-state index in [1.807, 2.05) is 4.90 Å². The molecule has 0 bridgehead atoms. The number of rotatable bonds is 6. The van der Waals surface area contributed by atoms with Crippen LogP contribution in [0, 0.1) is 0 Å². The van der Waals surface area contributed by atoms with Crippen LogP contribution in [0.15, 0.2) is 66.7 Å². The Balaban J connectivity index is 1.09. The van der Waals surface area contributed by atoms with Gasteiger partial charge in [-0.2, -0.15) is 0 Å². The molecule has 0 atom stereocenters. The first-order chi connectivity index (χ1) is 17.1. The Morgan fingerprint density at radius 3 is 2.31 bits per heavy atom. The highest BCUT2D eigenvalue weighted by atomic mass is 16.2. The van der Waals surface area contributed by atoms with Crippen molar-refractivity contribution in [1.29, 1.82) is 0 Å². The van der Waals surface area contributed by atoms with E-state index in [9.17, 15) is 14.4 Å². The van der Waals surface area contributed by atoms with Gasteiger partial charge in [-0.3, -0.25) is 19.3 Å². The fourth-order valence-electron chi connectivity index (χ4n) is 4.91. The molecule has 180 valence electrons. The summed E-state index contributed by atoms with van der Waals surface area (Å²) in [4.78, 5) is 43.0. The average Bonchev–Trinajstić information content (AvgIpc) is 3.33. The summed E-state index contributed by atoms with van der Waals surface area (Å²) in [6.07, 6.45) is 1.43. The van der Waals surface area contributed by atoms with Crippen molar-refractivity contribution in [1.82, 2.24) is 15.1 Å². The lowest BCUT2D eigenvalue weighted by atomic mass is 10.0. The highest BCUT2D eigenvalue weighted by Crippen LogP contribution is 2.22. The standard InChI is InChI=1S/C28H30N4O3/c33-26-9-4-14-32(26)24-12-10-22(11-13-24)28(35)29-19-27(34)31-17-15-30(16-18-31)20-23-7-3-6-21-5-1-2-8-25(21)23/h1-3,5-8,10-13H,4,9,14-20H2,(H,29,35). The van der Waals surface area contributed by atoms with E-state index >= 15 is 0 Å². The maximum absolute atomic E-state index is 12.7. The minimum atomic E-state index is -0.285. The third-order valence-corrected chi connectivity index (χ3v) is 6.91. The van der Waals surface area contributed by atoms with Crippen LogP contribution >= 0.6 is 0 Å². The number of benzene rings is 3. The zero-order valence-corrected chi connectivity index (χ0v) is 19.8. The van der Waals surface area contributed by atoms with Gasteiger partial charge < -0.3 is 15.1 Å². The minimum Gasteiger partial charge on any atom is -0.343 e. The van der Waals surface area contributed by atoms with Gasteiger partial charge in [-0.25, -0.2) is 0 Å². The lowest BCUT2D eigenvalue weighted by Crippen LogP contribution is -2.50. The van der Waals surface area contributed by atoms with Gasteiger partial charge in [0, 0.05) is 56.9 Å². The molecule has 7 nitrogen and oxygen atoms in total. The van der Waals surface area contributed by atoms with Crippen molar-refractivity contribution in [2.24, 2.45) is 0 Å². The number of carbonyl (C=O) groups excluding carboxylic acids is 3. The molecule has 35 heavy (non-hydrogen) atoms. The molecule has 1 N–H and O–H groups in total. The smallest absolute Gasteiger partial charge is 0.251 e. The van der Waals surface area contributed by atoms with E-state index < -0.39 is 0 Å². The molecule has 0 aromatic heterocycles. The quantitative estimate of drug-likeness (QED) is 0.601. The van der Waals surface area contributed by atoms with Crippen molar-refractivity contribution >= 4 is 34.2 Å². The minimum absolute atomic E-state index is 0.0193. The summed E-state index contributed by atoms with van der Waals surface area (Å²) >= 11 is 0. The summed E-state index contributed by atoms with van der Waals surface area (Å²) in [6.45, 7) is 4.47. The van der Waals surface area contributed by atoms with Crippen LogP contribution in [-0.4, -0.2) is 66.8 Å². The average molecular weight is 471 g/mol. The molecule has 2 fully saturated rings. The Hall–Kier alpha value is -3.71. The summed E-state index contributed by atoms with van der Waals surface area (Å²) in [6, 6.07) is 21.8. The van der Waals surface area contributed by atoms with Crippen molar-refractivity contribution < 1.29 is 14.4 Å². The van der Waals surface area contributed by atoms with Crippen molar-refractivity contribution in [3.63, 3.8) is 0 Å². The second-order valence-corrected chi connectivity index (χ2v) is 9.17. The van der Waals surface area contributed by atoms with Gasteiger partial charge in [-0.15, -0.1) is 0 Å². The molecule has 2 saturated heterocycles. The molecule has 0 saturated carbocycles. The fraction of sp³-hybridized carbons (Fsp3) is 0.321. The van der Waals surface area contributed by atoms with Crippen molar-refractivity contribution in [2.45, 2.75) is 19.4 Å². The van der Waals surface area contributed by atoms with Gasteiger partial charge in [-0.1, -0.05) is 42.5 Å². The summed E-state index contributed by atoms with van der Waals surface area (Å²) in [5, 5.41) is 5.26. The van der Waals surface area contributed by atoms with Crippen LogP contribution in [-0.2, 0) is 16.1 Å². The largest absolute Gasteiger partial charge is 0.343 e. The normalized spacial score (nSPS) is 16.6. The predicted molar refractivity (Wildman–Crippen MR) is 136 cm³/mol. The summed E-state index contributed by atoms with van der Waals surface area (Å²) < 4.78 is 0. The highest BCUT2D eigenvalue weighted by molar-refractivity contribution is 5.98. The molecule has 0 spiro atoms. The molecule has 2 aliphatic rings. The van der Waals surface area contributed by atoms with E-state index in [1.54, 1.807) is 29.2 Å². The number of carbonyl (C=O) groups is 3. The topological polar surface area (TPSA) is 73.0 Å². The number of amides is 3. The number of nitrogens with zero attached hydrogens (tertiary/aromatic N) is 3. The molecule has 0 radical (unpaired) electrons. The van der Waals surface area contributed by atoms with Gasteiger partial charge in [0.2, 0.25) is 11.8 Å². The first-order valence-corrected chi connectivity index (χ1v) is 12.2. The molecule has 3 aromatic carbocycles. The number of piperazine rings is 1. The van der Waals surface area contributed by atoms with Gasteiger partial charge >= 0.3 is 0 Å². The highest BCUT2D eigenvalue weighted by Gasteiger charge is 2.23. The van der Waals surface area contributed by atoms with Crippen LogP contribution < -0.4 is 10.2 Å². The van der Waals surface area contributed by atoms with Crippen molar-refractivity contribution in [3.05, 3.63) is 77.9 Å². The van der Waals surface area contributed by atoms with Gasteiger partial charge in [0.25, 0.3) is 5.91 Å². The van der Waals surface area contributed by atoms with Crippen molar-refractivity contribution in [3.8, 4) is 0 Å². The zero-order valence-electron chi connectivity index (χ0n) is 19.8. The van der Waals surface area contributed by atoms with E-state index in [2.05, 4.69) is 52.7 Å². The van der Waals surface area contributed by atoms with E-state index in [0.29, 0.717) is 31.6 Å². The molecule has 2 heterocycles. The molecule has 5 rings (SSSR count). The maximum Gasteiger partial charge on any atom is 0.251 e. The molecule has 0 aliphatic carbocycles. The number of nitrogens with one attached hydrogen (secondary N) is 1. The monoisotopic (exact) mass is 470 g/mol. The van der Waals surface area contributed by atoms with Gasteiger partial charge in [-0.05, 0) is 47.0 Å². The zero-order chi connectivity index (χ0) is 24.2. The Bertz CT molecular complexity index is 1230. The van der Waals surface area contributed by atoms with Gasteiger partial charge in [0.15, 0.2) is 0 Å². The number of hydrogen-bond donors (Lipinski definition) is 1. The number of hydrogen-bond acceptors (Lipinski definition) is 4. The van der Waals surface area contributed by atoms with Crippen LogP contribution in [0.3, 0.4) is 0 Å². The Labute approximate surface area is 205 Å². The fourth-order valence-corrected chi connectivity index (χ4v) is 4.91. The molecule has 0 unspecified atom stereocenters. The predicted octanol–water partition coefficient (Wildman–Crippen LogP) is 3.04. The van der Waals surface area contributed by atoms with Gasteiger partial charge in [0.1, 0.15) is 0 Å². The lowest BCUT2D eigenvalue weighted by molar-refractivity contribution is -0.131. The molecule has 3 aromatic rings. The Morgan fingerprint density at radius 2 is 1.57 bits per heavy atom. The molecule has 3 amide bonds. The van der Waals surface area contributed by atoms with Crippen LogP contribution in [0.1, 0.15) is 28.8 Å². The van der Waals surface area contributed by atoms with E-state index in [1.165, 1.54) is 16.3 Å². The van der Waals surface area contributed by atoms with Crippen LogP contribution in [0.4, 0.5) is 5.69 Å². The number of anilines is 1. The van der Waals surface area contributed by atoms with Crippen molar-refractivity contribution in [2.75, 3.05) is 44.2 Å². The van der Waals surface area contributed by atoms with Gasteiger partial charge in [0.05, 0.1) is 6.54 Å². The maximum atomic E-state index is 12.7.